The molecule has 0 aliphatic carbocycles. The summed E-state index contributed by atoms with van der Waals surface area (Å²) in [7, 11) is 0. The van der Waals surface area contributed by atoms with E-state index >= 15 is 0 Å². The van der Waals surface area contributed by atoms with E-state index in [0.717, 1.165) is 5.56 Å². The summed E-state index contributed by atoms with van der Waals surface area (Å²) in [6.45, 7) is 0. The lowest BCUT2D eigenvalue weighted by molar-refractivity contribution is 0.502. The Morgan fingerprint density at radius 1 is 1.15 bits per heavy atom. The molecule has 4 heteroatoms. The Morgan fingerprint density at radius 3 is 2.70 bits per heavy atom. The molecular formula is C16H11FN2O. The molecule has 1 heterocycles. The number of halogens is 1. The van der Waals surface area contributed by atoms with Gasteiger partial charge in [-0.25, -0.2) is 4.39 Å². The minimum Gasteiger partial charge on any atom is -0.456 e. The molecule has 0 aliphatic heterocycles. The summed E-state index contributed by atoms with van der Waals surface area (Å²) in [5.74, 6) is 0.0620. The van der Waals surface area contributed by atoms with Gasteiger partial charge in [-0.3, -0.25) is 0 Å². The van der Waals surface area contributed by atoms with Gasteiger partial charge in [0.25, 0.3) is 0 Å². The third-order valence-electron chi connectivity index (χ3n) is 3.20. The van der Waals surface area contributed by atoms with Crippen molar-refractivity contribution < 1.29 is 8.81 Å². The predicted octanol–water partition coefficient (Wildman–Crippen LogP) is 3.49. The number of nitriles is 1. The van der Waals surface area contributed by atoms with Gasteiger partial charge in [0.05, 0.1) is 17.7 Å². The normalized spacial score (nSPS) is 12.2. The number of furan rings is 1. The quantitative estimate of drug-likeness (QED) is 0.772. The molecule has 0 saturated heterocycles. The molecule has 0 fully saturated rings. The van der Waals surface area contributed by atoms with Crippen LogP contribution in [0.4, 0.5) is 4.39 Å². The van der Waals surface area contributed by atoms with Crippen LogP contribution >= 0.6 is 0 Å². The summed E-state index contributed by atoms with van der Waals surface area (Å²) < 4.78 is 19.1. The van der Waals surface area contributed by atoms with E-state index in [1.807, 2.05) is 6.07 Å². The van der Waals surface area contributed by atoms with Gasteiger partial charge in [0.1, 0.15) is 5.76 Å². The topological polar surface area (TPSA) is 63.0 Å². The maximum absolute atomic E-state index is 13.6. The zero-order chi connectivity index (χ0) is 14.1. The molecule has 0 bridgehead atoms. The van der Waals surface area contributed by atoms with Crippen molar-refractivity contribution in [2.24, 2.45) is 5.73 Å². The Balaban J connectivity index is 2.06. The molecule has 1 atom stereocenters. The van der Waals surface area contributed by atoms with Gasteiger partial charge in [-0.05, 0) is 29.8 Å². The van der Waals surface area contributed by atoms with Crippen LogP contribution in [0.3, 0.4) is 0 Å². The van der Waals surface area contributed by atoms with Crippen molar-refractivity contribution in [3.63, 3.8) is 0 Å². The van der Waals surface area contributed by atoms with Crippen LogP contribution in [0.5, 0.6) is 0 Å². The van der Waals surface area contributed by atoms with E-state index in [9.17, 15) is 4.39 Å². The fourth-order valence-electron chi connectivity index (χ4n) is 2.17. The van der Waals surface area contributed by atoms with Gasteiger partial charge in [-0.1, -0.05) is 24.3 Å². The van der Waals surface area contributed by atoms with E-state index in [-0.39, 0.29) is 5.58 Å². The Kier molecular flexibility index (Phi) is 2.97. The molecular weight excluding hydrogens is 255 g/mol. The van der Waals surface area contributed by atoms with Crippen molar-refractivity contribution in [2.75, 3.05) is 0 Å². The maximum Gasteiger partial charge on any atom is 0.169 e. The van der Waals surface area contributed by atoms with Crippen LogP contribution in [0.1, 0.15) is 22.9 Å². The van der Waals surface area contributed by atoms with Crippen LogP contribution in [0.15, 0.2) is 52.9 Å². The van der Waals surface area contributed by atoms with Crippen molar-refractivity contribution in [2.45, 2.75) is 6.04 Å². The minimum atomic E-state index is -0.532. The first kappa shape index (κ1) is 12.4. The van der Waals surface area contributed by atoms with Gasteiger partial charge < -0.3 is 10.2 Å². The standard InChI is InChI=1S/C16H11FN2O/c17-13-6-2-5-12-8-14(20-16(12)13)15(19)11-4-1-3-10(7-11)9-18/h1-8,15H,19H2. The van der Waals surface area contributed by atoms with E-state index in [0.29, 0.717) is 16.7 Å². The lowest BCUT2D eigenvalue weighted by Gasteiger charge is -2.08. The molecule has 1 aromatic heterocycles. The molecule has 20 heavy (non-hydrogen) atoms. The molecule has 0 aliphatic rings. The Hall–Kier alpha value is -2.64. The van der Waals surface area contributed by atoms with Gasteiger partial charge >= 0.3 is 0 Å². The highest BCUT2D eigenvalue weighted by Crippen LogP contribution is 2.28. The van der Waals surface area contributed by atoms with Gasteiger partial charge in [0.2, 0.25) is 0 Å². The second-order valence-corrected chi connectivity index (χ2v) is 4.52. The third kappa shape index (κ3) is 2.04. The van der Waals surface area contributed by atoms with Gasteiger partial charge in [0.15, 0.2) is 11.4 Å². The minimum absolute atomic E-state index is 0.203. The number of nitrogens with zero attached hydrogens (tertiary/aromatic N) is 1. The number of para-hydroxylation sites is 1. The number of nitrogens with two attached hydrogens (primary N) is 1. The summed E-state index contributed by atoms with van der Waals surface area (Å²) >= 11 is 0. The van der Waals surface area contributed by atoms with Crippen LogP contribution < -0.4 is 5.73 Å². The number of hydrogen-bond donors (Lipinski definition) is 1. The van der Waals surface area contributed by atoms with Crippen molar-refractivity contribution >= 4 is 11.0 Å². The Labute approximate surface area is 115 Å². The lowest BCUT2D eigenvalue weighted by Crippen LogP contribution is -2.10. The molecule has 1 unspecified atom stereocenters. The molecule has 0 amide bonds. The summed E-state index contributed by atoms with van der Waals surface area (Å²) in [6, 6.07) is 15.0. The van der Waals surface area contributed by atoms with Gasteiger partial charge in [-0.2, -0.15) is 5.26 Å². The highest BCUT2D eigenvalue weighted by atomic mass is 19.1. The van der Waals surface area contributed by atoms with Crippen molar-refractivity contribution in [1.82, 2.24) is 0 Å². The monoisotopic (exact) mass is 266 g/mol. The van der Waals surface area contributed by atoms with Gasteiger partial charge in [-0.15, -0.1) is 0 Å². The van der Waals surface area contributed by atoms with Crippen molar-refractivity contribution in [3.8, 4) is 6.07 Å². The number of rotatable bonds is 2. The smallest absolute Gasteiger partial charge is 0.169 e. The second-order valence-electron chi connectivity index (χ2n) is 4.52. The summed E-state index contributed by atoms with van der Waals surface area (Å²) in [4.78, 5) is 0. The number of hydrogen-bond acceptors (Lipinski definition) is 3. The third-order valence-corrected chi connectivity index (χ3v) is 3.20. The van der Waals surface area contributed by atoms with Crippen LogP contribution in [0.2, 0.25) is 0 Å². The van der Waals surface area contributed by atoms with Crippen LogP contribution in [0, 0.1) is 17.1 Å². The summed E-state index contributed by atoms with van der Waals surface area (Å²) in [5, 5.41) is 9.57. The average molecular weight is 266 g/mol. The molecule has 0 spiro atoms. The summed E-state index contributed by atoms with van der Waals surface area (Å²) in [6.07, 6.45) is 0. The molecule has 2 N–H and O–H groups in total. The van der Waals surface area contributed by atoms with Crippen molar-refractivity contribution in [1.29, 1.82) is 5.26 Å². The van der Waals surface area contributed by atoms with Gasteiger partial charge in [0, 0.05) is 5.39 Å². The Morgan fingerprint density at radius 2 is 1.95 bits per heavy atom. The first-order chi connectivity index (χ1) is 9.69. The largest absolute Gasteiger partial charge is 0.456 e. The second kappa shape index (κ2) is 4.80. The van der Waals surface area contributed by atoms with E-state index in [1.165, 1.54) is 6.07 Å². The molecule has 0 saturated carbocycles. The fourth-order valence-corrected chi connectivity index (χ4v) is 2.17. The highest BCUT2D eigenvalue weighted by Gasteiger charge is 2.16. The Bertz CT molecular complexity index is 817. The van der Waals surface area contributed by atoms with E-state index in [2.05, 4.69) is 6.07 Å². The van der Waals surface area contributed by atoms with Crippen LogP contribution in [-0.4, -0.2) is 0 Å². The van der Waals surface area contributed by atoms with E-state index in [1.54, 1.807) is 36.4 Å². The van der Waals surface area contributed by atoms with Crippen LogP contribution in [0.25, 0.3) is 11.0 Å². The first-order valence-electron chi connectivity index (χ1n) is 6.12. The number of fused-ring (bicyclic) bond motifs is 1. The fraction of sp³-hybridized carbons (Fsp3) is 0.0625. The summed E-state index contributed by atoms with van der Waals surface area (Å²) in [5.41, 5.74) is 7.61. The molecule has 3 aromatic rings. The zero-order valence-corrected chi connectivity index (χ0v) is 10.5. The molecule has 2 aromatic carbocycles. The molecule has 3 nitrogen and oxygen atoms in total. The van der Waals surface area contributed by atoms with Crippen molar-refractivity contribution in [3.05, 3.63) is 71.2 Å². The molecule has 98 valence electrons. The van der Waals surface area contributed by atoms with E-state index in [4.69, 9.17) is 15.4 Å². The highest BCUT2D eigenvalue weighted by molar-refractivity contribution is 5.78. The predicted molar refractivity (Wildman–Crippen MR) is 73.4 cm³/mol. The number of benzene rings is 2. The zero-order valence-electron chi connectivity index (χ0n) is 10.5. The molecule has 3 rings (SSSR count). The molecule has 0 radical (unpaired) electrons. The average Bonchev–Trinajstić information content (AvgIpc) is 2.92. The van der Waals surface area contributed by atoms with E-state index < -0.39 is 11.9 Å². The SMILES string of the molecule is N#Cc1cccc(C(N)c2cc3cccc(F)c3o2)c1. The van der Waals surface area contributed by atoms with Crippen LogP contribution in [-0.2, 0) is 0 Å². The maximum atomic E-state index is 13.6. The lowest BCUT2D eigenvalue weighted by atomic mass is 10.0. The first-order valence-corrected chi connectivity index (χ1v) is 6.12.